The van der Waals surface area contributed by atoms with Crippen LogP contribution in [0.5, 0.6) is 0 Å². The lowest BCUT2D eigenvalue weighted by molar-refractivity contribution is 0.403. The van der Waals surface area contributed by atoms with Crippen LogP contribution >= 0.6 is 0 Å². The van der Waals surface area contributed by atoms with Crippen LogP contribution in [-0.4, -0.2) is 29.1 Å². The molecule has 0 spiro atoms. The third-order valence-corrected chi connectivity index (χ3v) is 18.0. The first-order valence-corrected chi connectivity index (χ1v) is 30.3. The Bertz CT molecular complexity index is 4950. The van der Waals surface area contributed by atoms with Gasteiger partial charge < -0.3 is 0 Å². The van der Waals surface area contributed by atoms with Gasteiger partial charge in [0.2, 0.25) is 0 Å². The third-order valence-electron chi connectivity index (χ3n) is 18.0. The first kappa shape index (κ1) is 53.4. The summed E-state index contributed by atoms with van der Waals surface area (Å²) in [6, 6.07) is 88.6. The third kappa shape index (κ3) is 9.53. The largest absolute Gasteiger partial charge is 0.279 e. The summed E-state index contributed by atoms with van der Waals surface area (Å²) < 4.78 is 4.25. The van der Waals surface area contributed by atoms with Crippen LogP contribution in [0, 0.1) is 0 Å². The summed E-state index contributed by atoms with van der Waals surface area (Å²) in [6.07, 6.45) is 6.77. The molecule has 87 heavy (non-hydrogen) atoms. The van der Waals surface area contributed by atoms with Crippen LogP contribution in [0.3, 0.4) is 0 Å². The number of pyridine rings is 1. The number of hydrogen-bond donors (Lipinski definition) is 0. The lowest BCUT2D eigenvalue weighted by Gasteiger charge is -2.22. The summed E-state index contributed by atoms with van der Waals surface area (Å²) in [5.41, 5.74) is 27.8. The van der Waals surface area contributed by atoms with E-state index in [0.717, 1.165) is 135 Å². The molecule has 420 valence electrons. The summed E-state index contributed by atoms with van der Waals surface area (Å²) >= 11 is 0. The van der Waals surface area contributed by atoms with E-state index in [1.165, 1.54) is 22.3 Å². The molecule has 0 amide bonds. The number of imidazole rings is 1. The smallest absolute Gasteiger partial charge is 0.148 e. The molecule has 0 aliphatic heterocycles. The maximum Gasteiger partial charge on any atom is 0.148 e. The van der Waals surface area contributed by atoms with Gasteiger partial charge in [0.1, 0.15) is 11.5 Å². The maximum absolute atomic E-state index is 5.63. The van der Waals surface area contributed by atoms with Gasteiger partial charge in [0.05, 0.1) is 27.9 Å². The minimum absolute atomic E-state index is 0.0553. The number of rotatable bonds is 10. The summed E-state index contributed by atoms with van der Waals surface area (Å²) in [4.78, 5) is 15.9. The molecule has 1 aliphatic rings. The van der Waals surface area contributed by atoms with E-state index in [1.54, 1.807) is 0 Å². The summed E-state index contributed by atoms with van der Waals surface area (Å²) in [5, 5.41) is 5.55. The van der Waals surface area contributed by atoms with Crippen molar-refractivity contribution in [3.8, 4) is 106 Å². The second kappa shape index (κ2) is 20.7. The van der Waals surface area contributed by atoms with Gasteiger partial charge in [-0.15, -0.1) is 0 Å². The van der Waals surface area contributed by atoms with Crippen molar-refractivity contribution < 1.29 is 0 Å². The van der Waals surface area contributed by atoms with Gasteiger partial charge in [-0.2, -0.15) is 5.10 Å². The molecule has 10 aromatic carbocycles. The van der Waals surface area contributed by atoms with Gasteiger partial charge >= 0.3 is 0 Å². The Kier molecular flexibility index (Phi) is 12.7. The van der Waals surface area contributed by atoms with E-state index in [-0.39, 0.29) is 16.2 Å². The lowest BCUT2D eigenvalue weighted by atomic mass is 9.82. The average Bonchev–Trinajstić information content (AvgIpc) is 1.69. The zero-order valence-electron chi connectivity index (χ0n) is 50.2. The molecule has 4 heterocycles. The first-order chi connectivity index (χ1) is 42.2. The van der Waals surface area contributed by atoms with Crippen LogP contribution in [0.25, 0.3) is 134 Å². The summed E-state index contributed by atoms with van der Waals surface area (Å²) in [7, 11) is 0. The Hall–Kier alpha value is -10.3. The minimum Gasteiger partial charge on any atom is -0.279 e. The Balaban J connectivity index is 0.915. The van der Waals surface area contributed by atoms with Gasteiger partial charge in [0, 0.05) is 35.0 Å². The van der Waals surface area contributed by atoms with Crippen molar-refractivity contribution >= 4 is 27.6 Å². The molecule has 4 aromatic heterocycles. The second-order valence-electron chi connectivity index (χ2n) is 25.9. The molecule has 0 bridgehead atoms. The Morgan fingerprint density at radius 3 is 1.52 bits per heavy atom. The van der Waals surface area contributed by atoms with Crippen molar-refractivity contribution in [2.75, 3.05) is 0 Å². The predicted octanol–water partition coefficient (Wildman–Crippen LogP) is 20.9. The van der Waals surface area contributed by atoms with E-state index in [2.05, 4.69) is 288 Å². The van der Waals surface area contributed by atoms with E-state index in [0.29, 0.717) is 0 Å². The normalized spacial score (nSPS) is 13.6. The van der Waals surface area contributed by atoms with Gasteiger partial charge in [0.25, 0.3) is 0 Å². The van der Waals surface area contributed by atoms with E-state index in [9.17, 15) is 0 Å². The zero-order chi connectivity index (χ0) is 59.2. The van der Waals surface area contributed by atoms with Crippen LogP contribution in [0.1, 0.15) is 71.8 Å². The highest BCUT2D eigenvalue weighted by molar-refractivity contribution is 6.01. The molecule has 0 unspecified atom stereocenters. The van der Waals surface area contributed by atoms with Crippen LogP contribution in [0.4, 0.5) is 0 Å². The molecule has 0 fully saturated rings. The zero-order valence-corrected chi connectivity index (χ0v) is 50.2. The Morgan fingerprint density at radius 1 is 0.379 bits per heavy atom. The van der Waals surface area contributed by atoms with Gasteiger partial charge in [-0.25, -0.2) is 14.6 Å². The highest BCUT2D eigenvalue weighted by Gasteiger charge is 2.42. The quantitative estimate of drug-likeness (QED) is 0.137. The van der Waals surface area contributed by atoms with Crippen LogP contribution in [0.2, 0.25) is 0 Å². The standard InChI is InChI=1S/C81H66N6/c1-79(2,3)78-85-74-48-56(35-40-69(74)77-84-75-49-71-72(50-76(75)87(77)78)81(6,7)51-80(71,4)5)63-23-12-14-25-65(63)59-44-58(64-24-13-11-22-62(64)54-33-37-61(38-34-54)86-43-19-42-83-86)45-60(46-59)66-26-15-16-27-67(66)68-39-36-57(73-28-17-18-41-82-73)47-70(68)55-31-29-53(30-32-55)52-20-9-8-10-21-52/h8-50H,51H2,1-7H3. The summed E-state index contributed by atoms with van der Waals surface area (Å²) in [5.74, 6) is 0.998. The molecule has 14 aromatic rings. The van der Waals surface area contributed by atoms with Crippen molar-refractivity contribution in [2.45, 2.75) is 71.1 Å². The highest BCUT2D eigenvalue weighted by atomic mass is 15.3. The van der Waals surface area contributed by atoms with E-state index in [1.807, 2.05) is 35.4 Å². The van der Waals surface area contributed by atoms with Gasteiger partial charge in [0.15, 0.2) is 0 Å². The van der Waals surface area contributed by atoms with Crippen LogP contribution < -0.4 is 0 Å². The van der Waals surface area contributed by atoms with Crippen molar-refractivity contribution in [3.05, 3.63) is 278 Å². The number of benzene rings is 10. The molecular formula is C81H66N6. The van der Waals surface area contributed by atoms with Crippen LogP contribution in [-0.2, 0) is 16.2 Å². The predicted molar refractivity (Wildman–Crippen MR) is 361 cm³/mol. The number of aromatic nitrogens is 6. The fraction of sp³-hybridized carbons (Fsp3) is 0.136. The molecule has 6 heteroatoms. The fourth-order valence-corrected chi connectivity index (χ4v) is 14.0. The number of fused-ring (bicyclic) bond motifs is 6. The molecule has 0 saturated carbocycles. The van der Waals surface area contributed by atoms with Crippen molar-refractivity contribution in [1.29, 1.82) is 0 Å². The van der Waals surface area contributed by atoms with Crippen molar-refractivity contribution in [2.24, 2.45) is 0 Å². The molecule has 6 nitrogen and oxygen atoms in total. The monoisotopic (exact) mass is 1120 g/mol. The van der Waals surface area contributed by atoms with Gasteiger partial charge in [-0.3, -0.25) is 9.38 Å². The van der Waals surface area contributed by atoms with Gasteiger partial charge in [-0.05, 0) is 196 Å². The number of hydrogen-bond acceptors (Lipinski definition) is 4. The fourth-order valence-electron chi connectivity index (χ4n) is 14.0. The molecule has 0 radical (unpaired) electrons. The molecule has 0 saturated heterocycles. The molecule has 1 aliphatic carbocycles. The van der Waals surface area contributed by atoms with E-state index >= 15 is 0 Å². The summed E-state index contributed by atoms with van der Waals surface area (Å²) in [6.45, 7) is 16.3. The number of nitrogens with zero attached hydrogens (tertiary/aromatic N) is 6. The molecule has 15 rings (SSSR count). The molecule has 0 N–H and O–H groups in total. The van der Waals surface area contributed by atoms with Crippen LogP contribution in [0.15, 0.2) is 261 Å². The van der Waals surface area contributed by atoms with Crippen molar-refractivity contribution in [3.63, 3.8) is 0 Å². The van der Waals surface area contributed by atoms with E-state index in [4.69, 9.17) is 15.0 Å². The van der Waals surface area contributed by atoms with E-state index < -0.39 is 0 Å². The highest BCUT2D eigenvalue weighted by Crippen LogP contribution is 2.51. The lowest BCUT2D eigenvalue weighted by Crippen LogP contribution is -2.19. The Labute approximate surface area is 509 Å². The average molecular weight is 1120 g/mol. The maximum atomic E-state index is 5.63. The second-order valence-corrected chi connectivity index (χ2v) is 25.9. The molecule has 0 atom stereocenters. The topological polar surface area (TPSA) is 60.9 Å². The minimum atomic E-state index is -0.276. The molecular weight excluding hydrogens is 1060 g/mol. The Morgan fingerprint density at radius 2 is 0.897 bits per heavy atom. The van der Waals surface area contributed by atoms with Crippen molar-refractivity contribution in [1.82, 2.24) is 29.1 Å². The first-order valence-electron chi connectivity index (χ1n) is 30.3. The SMILES string of the molecule is CC(C)(C)c1nc2cc(-c3ccccc3-c3cc(-c4ccccc4-c4ccc(-n5cccn5)cc4)cc(-c4ccccc4-c4ccc(-c5ccccn5)cc4-c4ccc(-c5ccccc5)cc4)c3)ccc2c2nc3cc4c(cc3n12)C(C)(C)CC4(C)C. The van der Waals surface area contributed by atoms with Gasteiger partial charge in [-0.1, -0.05) is 212 Å².